The van der Waals surface area contributed by atoms with Gasteiger partial charge in [-0.05, 0) is 44.9 Å². The molecule has 1 fully saturated rings. The molecule has 10 nitrogen and oxygen atoms in total. The third-order valence-corrected chi connectivity index (χ3v) is 5.53. The molecule has 1 saturated carbocycles. The van der Waals surface area contributed by atoms with Crippen molar-refractivity contribution >= 4 is 28.3 Å². The van der Waals surface area contributed by atoms with Crippen LogP contribution in [0.5, 0.6) is 0 Å². The van der Waals surface area contributed by atoms with Gasteiger partial charge in [0.15, 0.2) is 5.65 Å². The molecule has 162 valence electrons. The second-order valence-corrected chi connectivity index (χ2v) is 8.17. The standard InChI is InChI=1S/C22H21N7O3/c1-13(2)28-21-17(11-24-28)16(10-18(26-21)14-3-4-14)22(30)25-15-5-6-19(20(9-15)29(31)32)27-8-7-23-12-27/h5-14H,3-4H2,1-2H3,(H,25,30). The number of benzene rings is 1. The Morgan fingerprint density at radius 3 is 2.75 bits per heavy atom. The van der Waals surface area contributed by atoms with Crippen LogP contribution in [0.15, 0.2) is 49.2 Å². The van der Waals surface area contributed by atoms with Crippen LogP contribution in [-0.4, -0.2) is 35.1 Å². The molecular weight excluding hydrogens is 410 g/mol. The van der Waals surface area contributed by atoms with Crippen LogP contribution in [0.1, 0.15) is 54.7 Å². The van der Waals surface area contributed by atoms with E-state index in [-0.39, 0.29) is 17.6 Å². The number of carbonyl (C=O) groups excluding carboxylic acids is 1. The van der Waals surface area contributed by atoms with Crippen molar-refractivity contribution in [2.45, 2.75) is 38.6 Å². The Labute approximate surface area is 183 Å². The van der Waals surface area contributed by atoms with Gasteiger partial charge in [0, 0.05) is 41.8 Å². The fourth-order valence-electron chi connectivity index (χ4n) is 3.76. The number of fused-ring (bicyclic) bond motifs is 1. The van der Waals surface area contributed by atoms with Crippen LogP contribution in [0.2, 0.25) is 0 Å². The monoisotopic (exact) mass is 431 g/mol. The zero-order valence-corrected chi connectivity index (χ0v) is 17.6. The minimum absolute atomic E-state index is 0.101. The highest BCUT2D eigenvalue weighted by atomic mass is 16.6. The van der Waals surface area contributed by atoms with Gasteiger partial charge in [-0.1, -0.05) is 0 Å². The van der Waals surface area contributed by atoms with Crippen LogP contribution in [0, 0.1) is 10.1 Å². The molecule has 10 heteroatoms. The summed E-state index contributed by atoms with van der Waals surface area (Å²) >= 11 is 0. The quantitative estimate of drug-likeness (QED) is 0.360. The number of nitrogens with zero attached hydrogens (tertiary/aromatic N) is 6. The van der Waals surface area contributed by atoms with Gasteiger partial charge >= 0.3 is 0 Å². The number of anilines is 1. The summed E-state index contributed by atoms with van der Waals surface area (Å²) < 4.78 is 3.36. The minimum atomic E-state index is -0.479. The van der Waals surface area contributed by atoms with Crippen molar-refractivity contribution < 1.29 is 9.72 Å². The number of hydrogen-bond acceptors (Lipinski definition) is 6. The van der Waals surface area contributed by atoms with E-state index in [1.165, 1.54) is 12.4 Å². The van der Waals surface area contributed by atoms with E-state index in [0.717, 1.165) is 18.5 Å². The molecule has 5 rings (SSSR count). The van der Waals surface area contributed by atoms with Gasteiger partial charge in [-0.3, -0.25) is 14.9 Å². The normalized spacial score (nSPS) is 13.6. The molecule has 4 aromatic rings. The van der Waals surface area contributed by atoms with Crippen LogP contribution >= 0.6 is 0 Å². The molecule has 1 N–H and O–H groups in total. The number of nitrogens with one attached hydrogen (secondary N) is 1. The predicted molar refractivity (Wildman–Crippen MR) is 118 cm³/mol. The maximum atomic E-state index is 13.2. The summed E-state index contributed by atoms with van der Waals surface area (Å²) in [4.78, 5) is 33.1. The summed E-state index contributed by atoms with van der Waals surface area (Å²) in [6, 6.07) is 6.49. The maximum absolute atomic E-state index is 13.2. The second-order valence-electron chi connectivity index (χ2n) is 8.17. The molecular formula is C22H21N7O3. The Hall–Kier alpha value is -4.08. The van der Waals surface area contributed by atoms with Gasteiger partial charge in [-0.25, -0.2) is 14.6 Å². The summed E-state index contributed by atoms with van der Waals surface area (Å²) in [6.07, 6.45) is 8.41. The minimum Gasteiger partial charge on any atom is -0.322 e. The number of amides is 1. The van der Waals surface area contributed by atoms with Crippen LogP contribution in [0.4, 0.5) is 11.4 Å². The number of nitro benzene ring substituents is 1. The molecule has 0 aliphatic heterocycles. The fraction of sp³-hybridized carbons (Fsp3) is 0.273. The highest BCUT2D eigenvalue weighted by Gasteiger charge is 2.28. The van der Waals surface area contributed by atoms with Gasteiger partial charge in [0.2, 0.25) is 0 Å². The molecule has 0 radical (unpaired) electrons. The molecule has 0 unspecified atom stereocenters. The first-order valence-corrected chi connectivity index (χ1v) is 10.4. The van der Waals surface area contributed by atoms with Crippen LogP contribution in [0.3, 0.4) is 0 Å². The largest absolute Gasteiger partial charge is 0.322 e. The van der Waals surface area contributed by atoms with Crippen molar-refractivity contribution in [2.75, 3.05) is 5.32 Å². The first-order chi connectivity index (χ1) is 15.4. The molecule has 0 spiro atoms. The Morgan fingerprint density at radius 2 is 2.09 bits per heavy atom. The van der Waals surface area contributed by atoms with Crippen molar-refractivity contribution in [3.8, 4) is 5.69 Å². The summed E-state index contributed by atoms with van der Waals surface area (Å²) in [7, 11) is 0. The number of nitro groups is 1. The average molecular weight is 431 g/mol. The average Bonchev–Trinajstić information content (AvgIpc) is 3.30. The molecule has 3 aromatic heterocycles. The Balaban J connectivity index is 1.53. The van der Waals surface area contributed by atoms with Gasteiger partial charge in [0.1, 0.15) is 5.69 Å². The van der Waals surface area contributed by atoms with Crippen LogP contribution in [-0.2, 0) is 0 Å². The molecule has 1 amide bonds. The van der Waals surface area contributed by atoms with Gasteiger partial charge in [0.05, 0.1) is 28.4 Å². The van der Waals surface area contributed by atoms with E-state index >= 15 is 0 Å². The Morgan fingerprint density at radius 1 is 1.28 bits per heavy atom. The summed E-state index contributed by atoms with van der Waals surface area (Å²) in [5, 5.41) is 19.5. The zero-order chi connectivity index (χ0) is 22.4. The molecule has 3 heterocycles. The van der Waals surface area contributed by atoms with E-state index in [2.05, 4.69) is 15.4 Å². The second kappa shape index (κ2) is 7.56. The lowest BCUT2D eigenvalue weighted by Crippen LogP contribution is -2.14. The number of hydrogen-bond donors (Lipinski definition) is 1. The number of carbonyl (C=O) groups is 1. The highest BCUT2D eigenvalue weighted by Crippen LogP contribution is 2.40. The van der Waals surface area contributed by atoms with Gasteiger partial charge in [0.25, 0.3) is 11.6 Å². The van der Waals surface area contributed by atoms with Gasteiger partial charge in [-0.2, -0.15) is 5.10 Å². The van der Waals surface area contributed by atoms with Crippen molar-refractivity contribution in [3.05, 3.63) is 70.6 Å². The number of rotatable bonds is 6. The van der Waals surface area contributed by atoms with E-state index in [0.29, 0.717) is 33.9 Å². The topological polar surface area (TPSA) is 121 Å². The van der Waals surface area contributed by atoms with Crippen molar-refractivity contribution in [3.63, 3.8) is 0 Å². The third-order valence-electron chi connectivity index (χ3n) is 5.53. The highest BCUT2D eigenvalue weighted by molar-refractivity contribution is 6.12. The number of pyridine rings is 1. The first kappa shape index (κ1) is 19.9. The molecule has 0 saturated heterocycles. The lowest BCUT2D eigenvalue weighted by atomic mass is 10.1. The van der Waals surface area contributed by atoms with Gasteiger partial charge < -0.3 is 9.88 Å². The number of aromatic nitrogens is 5. The van der Waals surface area contributed by atoms with E-state index in [1.807, 2.05) is 24.6 Å². The smallest absolute Gasteiger partial charge is 0.295 e. The molecule has 1 aliphatic carbocycles. The van der Waals surface area contributed by atoms with Crippen LogP contribution < -0.4 is 5.32 Å². The summed E-state index contributed by atoms with van der Waals surface area (Å²) in [5.41, 5.74) is 2.59. The van der Waals surface area contributed by atoms with E-state index in [4.69, 9.17) is 4.98 Å². The van der Waals surface area contributed by atoms with Crippen molar-refractivity contribution in [2.24, 2.45) is 0 Å². The van der Waals surface area contributed by atoms with Crippen molar-refractivity contribution in [1.82, 2.24) is 24.3 Å². The third kappa shape index (κ3) is 3.49. The molecule has 0 bridgehead atoms. The Bertz CT molecular complexity index is 1340. The number of imidazole rings is 1. The van der Waals surface area contributed by atoms with Crippen molar-refractivity contribution in [1.29, 1.82) is 0 Å². The van der Waals surface area contributed by atoms with E-state index < -0.39 is 4.92 Å². The Kier molecular flexibility index (Phi) is 4.69. The van der Waals surface area contributed by atoms with Gasteiger partial charge in [-0.15, -0.1) is 0 Å². The summed E-state index contributed by atoms with van der Waals surface area (Å²) in [5.74, 6) is 0.00398. The molecule has 0 atom stereocenters. The zero-order valence-electron chi connectivity index (χ0n) is 17.6. The lowest BCUT2D eigenvalue weighted by Gasteiger charge is -2.11. The molecule has 32 heavy (non-hydrogen) atoms. The lowest BCUT2D eigenvalue weighted by molar-refractivity contribution is -0.384. The SMILES string of the molecule is CC(C)n1ncc2c(C(=O)Nc3ccc(-n4ccnc4)c([N+](=O)[O-])c3)cc(C3CC3)nc21. The summed E-state index contributed by atoms with van der Waals surface area (Å²) in [6.45, 7) is 4.03. The molecule has 1 aromatic carbocycles. The fourth-order valence-corrected chi connectivity index (χ4v) is 3.76. The predicted octanol–water partition coefficient (Wildman–Crippen LogP) is 4.24. The van der Waals surface area contributed by atoms with E-state index in [9.17, 15) is 14.9 Å². The maximum Gasteiger partial charge on any atom is 0.295 e. The van der Waals surface area contributed by atoms with Crippen LogP contribution in [0.25, 0.3) is 16.7 Å². The van der Waals surface area contributed by atoms with E-state index in [1.54, 1.807) is 35.3 Å². The first-order valence-electron chi connectivity index (χ1n) is 10.4. The molecule has 1 aliphatic rings.